The molecule has 0 fully saturated rings. The van der Waals surface area contributed by atoms with Crippen LogP contribution in [0.3, 0.4) is 0 Å². The molecule has 0 aromatic carbocycles. The lowest BCUT2D eigenvalue weighted by atomic mass is 10.0. The minimum Gasteiger partial charge on any atom is -0.284 e. The van der Waals surface area contributed by atoms with Crippen molar-refractivity contribution in [3.63, 3.8) is 0 Å². The first-order chi connectivity index (χ1) is 8.77. The lowest BCUT2D eigenvalue weighted by molar-refractivity contribution is -0.0379. The summed E-state index contributed by atoms with van der Waals surface area (Å²) in [5.41, 5.74) is 1.07. The van der Waals surface area contributed by atoms with Gasteiger partial charge in [-0.15, -0.1) is 0 Å². The Hall–Kier alpha value is -0.770. The van der Waals surface area contributed by atoms with Crippen molar-refractivity contribution in [2.75, 3.05) is 19.8 Å². The first-order valence-electron chi connectivity index (χ1n) is 7.00. The maximum absolute atomic E-state index is 13.1. The Kier molecular flexibility index (Phi) is 8.81. The zero-order valence-electron chi connectivity index (χ0n) is 12.8. The zero-order valence-corrected chi connectivity index (χ0v) is 12.8. The van der Waals surface area contributed by atoms with Gasteiger partial charge in [0.2, 0.25) is 5.92 Å². The van der Waals surface area contributed by atoms with Gasteiger partial charge in [0.15, 0.2) is 0 Å². The standard InChI is InChI=1S/C15H28F2N2/c1-6-10-19(12-18-9-7-13(2)3)11-8-14(4)15(5,16)17/h9,14H,2,6-8,10-12H2,1,3-5H3. The van der Waals surface area contributed by atoms with E-state index in [1.54, 1.807) is 6.92 Å². The van der Waals surface area contributed by atoms with Gasteiger partial charge in [0.05, 0.1) is 6.67 Å². The summed E-state index contributed by atoms with van der Waals surface area (Å²) < 4.78 is 26.2. The van der Waals surface area contributed by atoms with Gasteiger partial charge in [-0.25, -0.2) is 8.78 Å². The Labute approximate surface area is 116 Å². The van der Waals surface area contributed by atoms with Gasteiger partial charge in [-0.3, -0.25) is 9.89 Å². The average molecular weight is 274 g/mol. The fraction of sp³-hybridized carbons (Fsp3) is 0.800. The molecule has 0 rings (SSSR count). The number of aliphatic imine (C=N–C) groups is 1. The Morgan fingerprint density at radius 3 is 2.53 bits per heavy atom. The van der Waals surface area contributed by atoms with Crippen molar-refractivity contribution in [2.24, 2.45) is 10.9 Å². The molecule has 1 atom stereocenters. The summed E-state index contributed by atoms with van der Waals surface area (Å²) in [6, 6.07) is 0. The van der Waals surface area contributed by atoms with Gasteiger partial charge in [0.1, 0.15) is 0 Å². The van der Waals surface area contributed by atoms with E-state index in [1.165, 1.54) is 0 Å². The van der Waals surface area contributed by atoms with E-state index in [1.807, 2.05) is 13.1 Å². The number of hydrogen-bond donors (Lipinski definition) is 0. The molecule has 0 saturated heterocycles. The largest absolute Gasteiger partial charge is 0.284 e. The summed E-state index contributed by atoms with van der Waals surface area (Å²) in [5.74, 6) is -3.19. The van der Waals surface area contributed by atoms with Gasteiger partial charge in [-0.2, -0.15) is 0 Å². The van der Waals surface area contributed by atoms with Crippen LogP contribution in [-0.4, -0.2) is 36.8 Å². The monoisotopic (exact) mass is 274 g/mol. The fourth-order valence-electron chi connectivity index (χ4n) is 1.59. The van der Waals surface area contributed by atoms with Crippen LogP contribution >= 0.6 is 0 Å². The summed E-state index contributed by atoms with van der Waals surface area (Å²) in [6.07, 6.45) is 4.14. The van der Waals surface area contributed by atoms with Crippen LogP contribution in [0.1, 0.15) is 47.0 Å². The highest BCUT2D eigenvalue weighted by Gasteiger charge is 2.29. The lowest BCUT2D eigenvalue weighted by Gasteiger charge is -2.24. The SMILES string of the molecule is C=C(C)CC=NCN(CCC)CCC(C)C(C)(F)F. The van der Waals surface area contributed by atoms with Crippen molar-refractivity contribution in [1.29, 1.82) is 0 Å². The molecule has 0 aliphatic carbocycles. The molecule has 0 aliphatic heterocycles. The van der Waals surface area contributed by atoms with Crippen molar-refractivity contribution in [1.82, 2.24) is 4.90 Å². The molecule has 0 heterocycles. The normalized spacial score (nSPS) is 14.3. The quantitative estimate of drug-likeness (QED) is 0.426. The summed E-state index contributed by atoms with van der Waals surface area (Å²) in [5, 5.41) is 0. The third kappa shape index (κ3) is 9.77. The molecule has 0 N–H and O–H groups in total. The number of alkyl halides is 2. The third-order valence-corrected chi connectivity index (χ3v) is 3.13. The third-order valence-electron chi connectivity index (χ3n) is 3.13. The highest BCUT2D eigenvalue weighted by Crippen LogP contribution is 2.26. The molecule has 0 aromatic rings. The maximum Gasteiger partial charge on any atom is 0.247 e. The molecule has 19 heavy (non-hydrogen) atoms. The molecule has 0 saturated carbocycles. The molecule has 0 spiro atoms. The second-order valence-corrected chi connectivity index (χ2v) is 5.43. The Morgan fingerprint density at radius 2 is 2.05 bits per heavy atom. The number of halogens is 2. The maximum atomic E-state index is 13.1. The molecular formula is C15H28F2N2. The van der Waals surface area contributed by atoms with Gasteiger partial charge in [-0.05, 0) is 33.2 Å². The molecule has 0 aliphatic rings. The van der Waals surface area contributed by atoms with Crippen molar-refractivity contribution < 1.29 is 8.78 Å². The number of allylic oxidation sites excluding steroid dienone is 1. The molecule has 0 amide bonds. The van der Waals surface area contributed by atoms with Crippen LogP contribution in [0, 0.1) is 5.92 Å². The Balaban J connectivity index is 4.11. The highest BCUT2D eigenvalue weighted by molar-refractivity contribution is 5.60. The van der Waals surface area contributed by atoms with E-state index in [2.05, 4.69) is 23.4 Å². The number of rotatable bonds is 10. The van der Waals surface area contributed by atoms with Crippen LogP contribution < -0.4 is 0 Å². The van der Waals surface area contributed by atoms with Gasteiger partial charge in [0.25, 0.3) is 0 Å². The molecule has 112 valence electrons. The molecule has 0 bridgehead atoms. The highest BCUT2D eigenvalue weighted by atomic mass is 19.3. The lowest BCUT2D eigenvalue weighted by Crippen LogP contribution is -2.30. The van der Waals surface area contributed by atoms with Crippen LogP contribution in [0.5, 0.6) is 0 Å². The van der Waals surface area contributed by atoms with E-state index in [4.69, 9.17) is 0 Å². The molecule has 2 nitrogen and oxygen atoms in total. The van der Waals surface area contributed by atoms with Gasteiger partial charge >= 0.3 is 0 Å². The van der Waals surface area contributed by atoms with Crippen molar-refractivity contribution in [2.45, 2.75) is 52.9 Å². The predicted molar refractivity (Wildman–Crippen MR) is 79.1 cm³/mol. The molecular weight excluding hydrogens is 246 g/mol. The predicted octanol–water partition coefficient (Wildman–Crippen LogP) is 4.37. The van der Waals surface area contributed by atoms with Crippen molar-refractivity contribution in [3.05, 3.63) is 12.2 Å². The second-order valence-electron chi connectivity index (χ2n) is 5.43. The van der Waals surface area contributed by atoms with Gasteiger partial charge < -0.3 is 0 Å². The summed E-state index contributed by atoms with van der Waals surface area (Å²) in [6.45, 7) is 12.6. The average Bonchev–Trinajstić information content (AvgIpc) is 2.29. The smallest absolute Gasteiger partial charge is 0.247 e. The van der Waals surface area contributed by atoms with Crippen LogP contribution in [0.2, 0.25) is 0 Å². The van der Waals surface area contributed by atoms with E-state index in [9.17, 15) is 8.78 Å². The molecule has 1 unspecified atom stereocenters. The van der Waals surface area contributed by atoms with Gasteiger partial charge in [-0.1, -0.05) is 26.0 Å². The van der Waals surface area contributed by atoms with E-state index >= 15 is 0 Å². The topological polar surface area (TPSA) is 15.6 Å². The molecule has 4 heteroatoms. The summed E-state index contributed by atoms with van der Waals surface area (Å²) >= 11 is 0. The van der Waals surface area contributed by atoms with Crippen LogP contribution in [0.4, 0.5) is 8.78 Å². The zero-order chi connectivity index (χ0) is 14.9. The first kappa shape index (κ1) is 18.2. The number of nitrogens with zero attached hydrogens (tertiary/aromatic N) is 2. The Bertz CT molecular complexity index is 282. The summed E-state index contributed by atoms with van der Waals surface area (Å²) in [4.78, 5) is 6.45. The first-order valence-corrected chi connectivity index (χ1v) is 7.00. The van der Waals surface area contributed by atoms with E-state index in [0.717, 1.165) is 31.9 Å². The fourth-order valence-corrected chi connectivity index (χ4v) is 1.59. The van der Waals surface area contributed by atoms with Crippen molar-refractivity contribution >= 4 is 6.21 Å². The molecule has 0 radical (unpaired) electrons. The van der Waals surface area contributed by atoms with Crippen molar-refractivity contribution in [3.8, 4) is 0 Å². The van der Waals surface area contributed by atoms with E-state index < -0.39 is 11.8 Å². The van der Waals surface area contributed by atoms with Crippen LogP contribution in [0.25, 0.3) is 0 Å². The van der Waals surface area contributed by atoms with Crippen LogP contribution in [0.15, 0.2) is 17.1 Å². The van der Waals surface area contributed by atoms with Crippen LogP contribution in [-0.2, 0) is 0 Å². The van der Waals surface area contributed by atoms with E-state index in [-0.39, 0.29) is 0 Å². The second kappa shape index (κ2) is 9.18. The summed E-state index contributed by atoms with van der Waals surface area (Å²) in [7, 11) is 0. The minimum absolute atomic E-state index is 0.500. The molecule has 0 aromatic heterocycles. The van der Waals surface area contributed by atoms with E-state index in [0.29, 0.717) is 19.6 Å². The Morgan fingerprint density at radius 1 is 1.42 bits per heavy atom. The number of hydrogen-bond acceptors (Lipinski definition) is 2. The van der Waals surface area contributed by atoms with Gasteiger partial charge in [0, 0.05) is 25.1 Å². The minimum atomic E-state index is -2.60.